The van der Waals surface area contributed by atoms with Crippen molar-refractivity contribution in [3.05, 3.63) is 47.2 Å². The van der Waals surface area contributed by atoms with Crippen molar-refractivity contribution in [3.8, 4) is 22.9 Å². The third-order valence-corrected chi connectivity index (χ3v) is 7.45. The molecule has 1 aromatic carbocycles. The normalized spacial score (nSPS) is 18.3. The van der Waals surface area contributed by atoms with Crippen LogP contribution < -0.4 is 15.4 Å². The van der Waals surface area contributed by atoms with Gasteiger partial charge in [0, 0.05) is 74.2 Å². The van der Waals surface area contributed by atoms with Gasteiger partial charge < -0.3 is 26.2 Å². The Hall–Kier alpha value is -1.87. The van der Waals surface area contributed by atoms with Crippen molar-refractivity contribution < 1.29 is 46.9 Å². The largest absolute Gasteiger partial charge is 0.675 e. The molecule has 4 N–H and O–H groups in total. The molecule has 6 rings (SSSR count). The van der Waals surface area contributed by atoms with Crippen LogP contribution >= 0.6 is 0 Å². The standard InChI is InChI=1S/C18H16FN3O2.C8H15N2.Y/c1-9-13-7-21-15(23)6-11(13)5-12(16(9)19)14-8-22-18-17(10(14)2)20-3-4-24-18;9-7-5-8(6-7)1-3-10-4-2-8;/h5-8,20H,3-4H2,1-2H3,(H,21,23);7,9-10H,1-6H2;/q;-1;. The van der Waals surface area contributed by atoms with E-state index in [0.717, 1.165) is 16.6 Å². The Kier molecular flexibility index (Phi) is 7.96. The van der Waals surface area contributed by atoms with Crippen molar-refractivity contribution in [1.29, 1.82) is 0 Å². The van der Waals surface area contributed by atoms with Gasteiger partial charge in [0.05, 0.1) is 0 Å². The van der Waals surface area contributed by atoms with Gasteiger partial charge in [0.1, 0.15) is 18.1 Å². The monoisotopic (exact) mass is 553 g/mol. The molecule has 2 aromatic heterocycles. The van der Waals surface area contributed by atoms with E-state index in [2.05, 4.69) is 20.6 Å². The quantitative estimate of drug-likeness (QED) is 0.386. The van der Waals surface area contributed by atoms with Gasteiger partial charge in [-0.15, -0.1) is 6.04 Å². The molecule has 1 aliphatic carbocycles. The molecule has 35 heavy (non-hydrogen) atoms. The second kappa shape index (κ2) is 10.6. The minimum Gasteiger partial charge on any atom is -0.675 e. The molecule has 0 unspecified atom stereocenters. The Balaban J connectivity index is 0.000000220. The van der Waals surface area contributed by atoms with Crippen molar-refractivity contribution in [2.45, 2.75) is 45.6 Å². The van der Waals surface area contributed by atoms with Gasteiger partial charge in [-0.05, 0) is 67.8 Å². The number of nitrogens with one attached hydrogen (secondary N) is 3. The van der Waals surface area contributed by atoms with Crippen LogP contribution in [0.3, 0.4) is 0 Å². The van der Waals surface area contributed by atoms with Crippen LogP contribution in [0, 0.1) is 25.1 Å². The van der Waals surface area contributed by atoms with Crippen LogP contribution in [0.1, 0.15) is 36.8 Å². The number of anilines is 1. The Morgan fingerprint density at radius 1 is 1.06 bits per heavy atom. The van der Waals surface area contributed by atoms with E-state index in [0.29, 0.717) is 46.5 Å². The first-order valence-corrected chi connectivity index (χ1v) is 11.9. The fraction of sp³-hybridized carbons (Fsp3) is 0.462. The van der Waals surface area contributed by atoms with E-state index in [1.165, 1.54) is 51.0 Å². The van der Waals surface area contributed by atoms with Crippen LogP contribution in [0.5, 0.6) is 11.8 Å². The molecule has 183 valence electrons. The number of rotatable bonds is 1. The van der Waals surface area contributed by atoms with Gasteiger partial charge in [-0.2, -0.15) is 0 Å². The molecule has 0 amide bonds. The smallest absolute Gasteiger partial charge is 0.237 e. The van der Waals surface area contributed by atoms with E-state index >= 15 is 0 Å². The number of pyridine rings is 2. The Bertz CT molecular complexity index is 1220. The van der Waals surface area contributed by atoms with Crippen LogP contribution in [0.25, 0.3) is 27.6 Å². The molecule has 3 aromatic rings. The maximum atomic E-state index is 15.0. The number of piperidine rings is 1. The molecule has 3 aliphatic rings. The number of hydrogen-bond donors (Lipinski definition) is 3. The maximum absolute atomic E-state index is 15.0. The predicted octanol–water partition coefficient (Wildman–Crippen LogP) is 5.13. The molecule has 0 atom stereocenters. The molecule has 1 saturated carbocycles. The molecule has 1 radical (unpaired) electrons. The summed E-state index contributed by atoms with van der Waals surface area (Å²) in [6.07, 6.45) is 8.11. The summed E-state index contributed by atoms with van der Waals surface area (Å²) in [4.78, 5) is 8.15. The molecule has 2 aliphatic heterocycles. The second-order valence-electron chi connectivity index (χ2n) is 9.73. The minimum atomic E-state index is -0.309. The average Bonchev–Trinajstić information content (AvgIpc) is 2.82. The number of aromatic hydroxyl groups is 1. The van der Waals surface area contributed by atoms with E-state index in [9.17, 15) is 9.50 Å². The van der Waals surface area contributed by atoms with Crippen LogP contribution in [0.2, 0.25) is 0 Å². The summed E-state index contributed by atoms with van der Waals surface area (Å²) in [7, 11) is 0. The zero-order valence-corrected chi connectivity index (χ0v) is 23.1. The number of aryl methyl sites for hydroxylation is 1. The van der Waals surface area contributed by atoms with E-state index in [4.69, 9.17) is 10.5 Å². The summed E-state index contributed by atoms with van der Waals surface area (Å²) in [5.41, 5.74) is 11.4. The summed E-state index contributed by atoms with van der Waals surface area (Å²) in [6, 6.07) is 3.53. The summed E-state index contributed by atoms with van der Waals surface area (Å²) >= 11 is 0. The van der Waals surface area contributed by atoms with Crippen LogP contribution in [0.4, 0.5) is 10.1 Å². The second-order valence-corrected chi connectivity index (χ2v) is 9.73. The zero-order chi connectivity index (χ0) is 23.9. The zero-order valence-electron chi connectivity index (χ0n) is 20.2. The number of benzene rings is 1. The molecule has 1 spiro atoms. The Labute approximate surface area is 230 Å². The molecular weight excluding hydrogens is 522 g/mol. The van der Waals surface area contributed by atoms with Gasteiger partial charge in [-0.25, -0.2) is 14.4 Å². The van der Waals surface area contributed by atoms with Crippen LogP contribution in [0.15, 0.2) is 24.5 Å². The summed E-state index contributed by atoms with van der Waals surface area (Å²) in [5, 5.41) is 17.7. The number of ether oxygens (including phenoxy) is 1. The predicted molar refractivity (Wildman–Crippen MR) is 132 cm³/mol. The van der Waals surface area contributed by atoms with E-state index in [-0.39, 0.29) is 50.4 Å². The van der Waals surface area contributed by atoms with E-state index < -0.39 is 0 Å². The summed E-state index contributed by atoms with van der Waals surface area (Å²) < 4.78 is 20.5. The summed E-state index contributed by atoms with van der Waals surface area (Å²) in [5.74, 6) is 0.147. The number of halogens is 1. The maximum Gasteiger partial charge on any atom is 0.237 e. The molecule has 1 saturated heterocycles. The van der Waals surface area contributed by atoms with Crippen molar-refractivity contribution in [2.75, 3.05) is 31.6 Å². The SMILES string of the molecule is Cc1c(-c2cc3cc(O)ncc3c(C)c2F)cnc2c1NCCO2.[NH-]C1CC2(CCNCC2)C1.[Y]. The van der Waals surface area contributed by atoms with Gasteiger partial charge in [0.15, 0.2) is 0 Å². The van der Waals surface area contributed by atoms with Crippen LogP contribution in [-0.4, -0.2) is 47.4 Å². The van der Waals surface area contributed by atoms with E-state index in [1.54, 1.807) is 19.2 Å². The molecule has 2 fully saturated rings. The molecule has 4 heterocycles. The molecular formula is C26H31FN5O2Y-. The first-order chi connectivity index (χ1) is 16.4. The van der Waals surface area contributed by atoms with Gasteiger partial charge in [-0.1, -0.05) is 12.8 Å². The average molecular weight is 553 g/mol. The first kappa shape index (κ1) is 26.2. The van der Waals surface area contributed by atoms with Crippen molar-refractivity contribution in [3.63, 3.8) is 0 Å². The van der Waals surface area contributed by atoms with Gasteiger partial charge in [-0.3, -0.25) is 0 Å². The number of nitrogens with zero attached hydrogens (tertiary/aromatic N) is 2. The number of hydrogen-bond acceptors (Lipinski definition) is 6. The molecule has 0 bridgehead atoms. The third-order valence-electron chi connectivity index (χ3n) is 7.45. The fourth-order valence-electron chi connectivity index (χ4n) is 5.47. The van der Waals surface area contributed by atoms with Crippen molar-refractivity contribution in [2.24, 2.45) is 5.41 Å². The van der Waals surface area contributed by atoms with Gasteiger partial charge in [0.2, 0.25) is 11.8 Å². The minimum absolute atomic E-state index is 0. The third kappa shape index (κ3) is 5.17. The van der Waals surface area contributed by atoms with Gasteiger partial charge in [0.25, 0.3) is 0 Å². The fourth-order valence-corrected chi connectivity index (χ4v) is 5.47. The van der Waals surface area contributed by atoms with E-state index in [1.807, 2.05) is 6.92 Å². The van der Waals surface area contributed by atoms with Crippen LogP contribution in [-0.2, 0) is 32.7 Å². The van der Waals surface area contributed by atoms with Crippen molar-refractivity contribution >= 4 is 16.5 Å². The summed E-state index contributed by atoms with van der Waals surface area (Å²) in [6.45, 7) is 7.26. The number of aromatic nitrogens is 2. The van der Waals surface area contributed by atoms with Gasteiger partial charge >= 0.3 is 0 Å². The topological polar surface area (TPSA) is 103 Å². The first-order valence-electron chi connectivity index (χ1n) is 11.9. The Morgan fingerprint density at radius 3 is 2.51 bits per heavy atom. The molecule has 9 heteroatoms. The number of fused-ring (bicyclic) bond motifs is 2. The molecule has 7 nitrogen and oxygen atoms in total. The van der Waals surface area contributed by atoms with Crippen molar-refractivity contribution in [1.82, 2.24) is 15.3 Å². The Morgan fingerprint density at radius 2 is 1.80 bits per heavy atom.